The molecule has 7 nitrogen and oxygen atoms in total. The van der Waals surface area contributed by atoms with Crippen LogP contribution in [0, 0.1) is 13.8 Å². The maximum absolute atomic E-state index is 12.1. The summed E-state index contributed by atoms with van der Waals surface area (Å²) in [6, 6.07) is 0. The van der Waals surface area contributed by atoms with E-state index in [1.165, 1.54) is 33.5 Å². The number of hydrogen-bond donors (Lipinski definition) is 1. The predicted octanol–water partition coefficient (Wildman–Crippen LogP) is 3.04. The number of fused-ring (bicyclic) bond motifs is 1. The number of thiophene rings is 1. The number of methoxy groups -OCH3 is 1. The number of carbonyl (C=O) groups is 1. The number of carbonyl (C=O) groups excluding carboxylic acids is 1. The monoisotopic (exact) mass is 381 g/mol. The fourth-order valence-corrected chi connectivity index (χ4v) is 4.68. The molecule has 0 radical (unpaired) electrons. The van der Waals surface area contributed by atoms with Crippen LogP contribution in [-0.4, -0.2) is 38.9 Å². The van der Waals surface area contributed by atoms with Crippen LogP contribution in [-0.2, 0) is 16.1 Å². The summed E-state index contributed by atoms with van der Waals surface area (Å²) in [6.07, 6.45) is 1.54. The molecule has 1 N–H and O–H groups in total. The van der Waals surface area contributed by atoms with Gasteiger partial charge in [0.05, 0.1) is 5.75 Å². The molecule has 0 aliphatic heterocycles. The molecule has 0 atom stereocenters. The van der Waals surface area contributed by atoms with Crippen molar-refractivity contribution in [3.8, 4) is 0 Å². The Morgan fingerprint density at radius 3 is 2.92 bits per heavy atom. The van der Waals surface area contributed by atoms with Crippen LogP contribution in [0.25, 0.3) is 10.2 Å². The van der Waals surface area contributed by atoms with E-state index in [9.17, 15) is 4.79 Å². The van der Waals surface area contributed by atoms with Crippen LogP contribution in [0.2, 0.25) is 0 Å². The van der Waals surface area contributed by atoms with E-state index < -0.39 is 0 Å². The number of nitrogens with one attached hydrogen (secondary N) is 1. The van der Waals surface area contributed by atoms with Crippen molar-refractivity contribution in [2.75, 3.05) is 18.2 Å². The Morgan fingerprint density at radius 2 is 2.12 bits per heavy atom. The van der Waals surface area contributed by atoms with Crippen molar-refractivity contribution < 1.29 is 9.53 Å². The van der Waals surface area contributed by atoms with E-state index in [1.54, 1.807) is 24.8 Å². The second kappa shape index (κ2) is 7.51. The largest absolute Gasteiger partial charge is 0.377 e. The number of ether oxygens (including phenoxy) is 1. The molecular weight excluding hydrogens is 366 g/mol. The molecular formula is C14H15N5O2S3. The number of aryl methyl sites for hydroxylation is 2. The van der Waals surface area contributed by atoms with Crippen molar-refractivity contribution in [3.05, 3.63) is 21.8 Å². The summed E-state index contributed by atoms with van der Waals surface area (Å²) in [6.45, 7) is 4.51. The van der Waals surface area contributed by atoms with Gasteiger partial charge in [-0.15, -0.1) is 21.5 Å². The lowest BCUT2D eigenvalue weighted by Gasteiger charge is -2.03. The SMILES string of the molecule is COCc1nnc(NC(=O)CSc2ncnc3sc(C)c(C)c23)s1. The number of nitrogens with zero attached hydrogens (tertiary/aromatic N) is 4. The first kappa shape index (κ1) is 17.2. The summed E-state index contributed by atoms with van der Waals surface area (Å²) >= 11 is 4.34. The second-order valence-electron chi connectivity index (χ2n) is 4.91. The first-order chi connectivity index (χ1) is 11.6. The number of thioether (sulfide) groups is 1. The fourth-order valence-electron chi connectivity index (χ4n) is 2.03. The molecule has 10 heteroatoms. The Labute approximate surface area is 150 Å². The van der Waals surface area contributed by atoms with Crippen LogP contribution in [0.5, 0.6) is 0 Å². The highest BCUT2D eigenvalue weighted by Gasteiger charge is 2.14. The molecule has 0 spiro atoms. The van der Waals surface area contributed by atoms with Crippen LogP contribution in [0.3, 0.4) is 0 Å². The van der Waals surface area contributed by atoms with Crippen molar-refractivity contribution in [2.45, 2.75) is 25.5 Å². The Kier molecular flexibility index (Phi) is 5.39. The van der Waals surface area contributed by atoms with Gasteiger partial charge in [-0.3, -0.25) is 10.1 Å². The lowest BCUT2D eigenvalue weighted by Crippen LogP contribution is -2.14. The van der Waals surface area contributed by atoms with Crippen LogP contribution in [0.1, 0.15) is 15.4 Å². The molecule has 3 aromatic rings. The molecule has 0 saturated heterocycles. The number of amides is 1. The average molecular weight is 382 g/mol. The zero-order valence-corrected chi connectivity index (χ0v) is 15.8. The maximum Gasteiger partial charge on any atom is 0.236 e. The van der Waals surface area contributed by atoms with Crippen molar-refractivity contribution in [1.82, 2.24) is 20.2 Å². The van der Waals surface area contributed by atoms with Gasteiger partial charge >= 0.3 is 0 Å². The van der Waals surface area contributed by atoms with Crippen molar-refractivity contribution in [2.24, 2.45) is 0 Å². The molecule has 24 heavy (non-hydrogen) atoms. The summed E-state index contributed by atoms with van der Waals surface area (Å²) in [5.41, 5.74) is 1.17. The van der Waals surface area contributed by atoms with Crippen LogP contribution < -0.4 is 5.32 Å². The van der Waals surface area contributed by atoms with Gasteiger partial charge in [-0.25, -0.2) is 9.97 Å². The van der Waals surface area contributed by atoms with E-state index in [1.807, 2.05) is 0 Å². The molecule has 0 aliphatic rings. The fraction of sp³-hybridized carbons (Fsp3) is 0.357. The van der Waals surface area contributed by atoms with Crippen molar-refractivity contribution in [3.63, 3.8) is 0 Å². The topological polar surface area (TPSA) is 89.9 Å². The van der Waals surface area contributed by atoms with E-state index in [4.69, 9.17) is 4.74 Å². The van der Waals surface area contributed by atoms with Gasteiger partial charge in [0.15, 0.2) is 0 Å². The number of anilines is 1. The predicted molar refractivity (Wildman–Crippen MR) is 96.9 cm³/mol. The number of hydrogen-bond acceptors (Lipinski definition) is 9. The smallest absolute Gasteiger partial charge is 0.236 e. The second-order valence-corrected chi connectivity index (χ2v) is 8.14. The molecule has 3 heterocycles. The van der Waals surface area contributed by atoms with Crippen LogP contribution >= 0.6 is 34.4 Å². The highest BCUT2D eigenvalue weighted by atomic mass is 32.2. The van der Waals surface area contributed by atoms with Crippen LogP contribution in [0.15, 0.2) is 11.4 Å². The average Bonchev–Trinajstić information content (AvgIpc) is 3.11. The quantitative estimate of drug-likeness (QED) is 0.518. The van der Waals surface area contributed by atoms with Gasteiger partial charge in [-0.1, -0.05) is 23.1 Å². The Morgan fingerprint density at radius 1 is 1.29 bits per heavy atom. The van der Waals surface area contributed by atoms with Crippen molar-refractivity contribution >= 4 is 55.7 Å². The maximum atomic E-state index is 12.1. The van der Waals surface area contributed by atoms with Gasteiger partial charge in [0, 0.05) is 17.4 Å². The van der Waals surface area contributed by atoms with Crippen molar-refractivity contribution in [1.29, 1.82) is 0 Å². The minimum Gasteiger partial charge on any atom is -0.377 e. The Bertz CT molecular complexity index is 877. The minimum absolute atomic E-state index is 0.142. The van der Waals surface area contributed by atoms with Gasteiger partial charge in [0.25, 0.3) is 0 Å². The first-order valence-corrected chi connectivity index (χ1v) is 9.65. The highest BCUT2D eigenvalue weighted by molar-refractivity contribution is 8.00. The third-order valence-corrected chi connectivity index (χ3v) is 6.17. The molecule has 0 fully saturated rings. The lowest BCUT2D eigenvalue weighted by molar-refractivity contribution is -0.113. The minimum atomic E-state index is -0.142. The van der Waals surface area contributed by atoms with E-state index in [-0.39, 0.29) is 11.7 Å². The van der Waals surface area contributed by atoms with Crippen LogP contribution in [0.4, 0.5) is 5.13 Å². The molecule has 0 unspecified atom stereocenters. The van der Waals surface area contributed by atoms with Gasteiger partial charge in [-0.05, 0) is 19.4 Å². The van der Waals surface area contributed by atoms with E-state index in [2.05, 4.69) is 39.3 Å². The summed E-state index contributed by atoms with van der Waals surface area (Å²) < 4.78 is 4.98. The third-order valence-electron chi connectivity index (χ3n) is 3.25. The van der Waals surface area contributed by atoms with Gasteiger partial charge in [0.2, 0.25) is 11.0 Å². The van der Waals surface area contributed by atoms with E-state index in [0.29, 0.717) is 11.7 Å². The lowest BCUT2D eigenvalue weighted by atomic mass is 10.2. The third kappa shape index (κ3) is 3.72. The standard InChI is InChI=1S/C14H15N5O2S3/c1-7-8(2)23-13-11(7)12(15-6-16-13)22-5-9(20)17-14-19-18-10(24-14)4-21-3/h6H,4-5H2,1-3H3,(H,17,19,20). The van der Waals surface area contributed by atoms with E-state index >= 15 is 0 Å². The summed E-state index contributed by atoms with van der Waals surface area (Å²) in [4.78, 5) is 22.9. The Hall–Kier alpha value is -1.62. The number of aromatic nitrogens is 4. The summed E-state index contributed by atoms with van der Waals surface area (Å²) in [5, 5.41) is 13.7. The summed E-state index contributed by atoms with van der Waals surface area (Å²) in [5.74, 6) is 0.107. The molecule has 0 aliphatic carbocycles. The molecule has 0 bridgehead atoms. The Balaban J connectivity index is 1.66. The highest BCUT2D eigenvalue weighted by Crippen LogP contribution is 2.34. The zero-order chi connectivity index (χ0) is 17.1. The van der Waals surface area contributed by atoms with E-state index in [0.717, 1.165) is 20.3 Å². The zero-order valence-electron chi connectivity index (χ0n) is 13.3. The molecule has 3 rings (SSSR count). The van der Waals surface area contributed by atoms with Gasteiger partial charge in [0.1, 0.15) is 27.8 Å². The normalized spacial score (nSPS) is 11.1. The molecule has 0 aromatic carbocycles. The molecule has 3 aromatic heterocycles. The molecule has 1 amide bonds. The molecule has 126 valence electrons. The van der Waals surface area contributed by atoms with Gasteiger partial charge in [-0.2, -0.15) is 0 Å². The summed E-state index contributed by atoms with van der Waals surface area (Å²) in [7, 11) is 1.59. The molecule has 0 saturated carbocycles. The first-order valence-electron chi connectivity index (χ1n) is 7.03. The van der Waals surface area contributed by atoms with Gasteiger partial charge < -0.3 is 4.74 Å². The number of rotatable bonds is 6.